The fourth-order valence-corrected chi connectivity index (χ4v) is 2.33. The van der Waals surface area contributed by atoms with Gasteiger partial charge in [-0.25, -0.2) is 0 Å². The first-order chi connectivity index (χ1) is 11.2. The van der Waals surface area contributed by atoms with Crippen molar-refractivity contribution in [3.63, 3.8) is 0 Å². The first-order valence-corrected chi connectivity index (χ1v) is 7.03. The summed E-state index contributed by atoms with van der Waals surface area (Å²) in [5.41, 5.74) is 3.28. The van der Waals surface area contributed by atoms with E-state index in [4.69, 9.17) is 14.2 Å². The standard InChI is InChI=1S/C17H17N3O3/c1-21-13-6-4-11(5-7-13)16-17(19-20-18-16)12-8-14(22-2)10-15(9-12)23-3/h4-10H,1-3H3,(H,18,19,20). The monoisotopic (exact) mass is 311 g/mol. The molecule has 0 bridgehead atoms. The van der Waals surface area contributed by atoms with Gasteiger partial charge in [-0.2, -0.15) is 15.4 Å². The molecule has 1 N–H and O–H groups in total. The second-order valence-electron chi connectivity index (χ2n) is 4.85. The summed E-state index contributed by atoms with van der Waals surface area (Å²) < 4.78 is 15.8. The van der Waals surface area contributed by atoms with Crippen LogP contribution in [-0.2, 0) is 0 Å². The number of benzene rings is 2. The lowest BCUT2D eigenvalue weighted by Gasteiger charge is -2.08. The van der Waals surface area contributed by atoms with Gasteiger partial charge in [-0.15, -0.1) is 0 Å². The van der Waals surface area contributed by atoms with Crippen LogP contribution in [0.1, 0.15) is 0 Å². The van der Waals surface area contributed by atoms with E-state index in [1.807, 2.05) is 42.5 Å². The molecule has 0 aliphatic carbocycles. The largest absolute Gasteiger partial charge is 0.497 e. The van der Waals surface area contributed by atoms with Gasteiger partial charge in [0.05, 0.1) is 21.3 Å². The third-order valence-electron chi connectivity index (χ3n) is 3.54. The highest BCUT2D eigenvalue weighted by Crippen LogP contribution is 2.33. The second kappa shape index (κ2) is 6.39. The third kappa shape index (κ3) is 2.96. The molecule has 2 aromatic carbocycles. The quantitative estimate of drug-likeness (QED) is 0.784. The van der Waals surface area contributed by atoms with Gasteiger partial charge in [0, 0.05) is 17.2 Å². The number of methoxy groups -OCH3 is 3. The Bertz CT molecular complexity index is 775. The number of hydrogen-bond acceptors (Lipinski definition) is 5. The van der Waals surface area contributed by atoms with Crippen LogP contribution in [0.2, 0.25) is 0 Å². The van der Waals surface area contributed by atoms with E-state index in [1.54, 1.807) is 21.3 Å². The van der Waals surface area contributed by atoms with E-state index in [-0.39, 0.29) is 0 Å². The minimum absolute atomic E-state index is 0.697. The number of nitrogens with one attached hydrogen (secondary N) is 1. The summed E-state index contributed by atoms with van der Waals surface area (Å²) in [6, 6.07) is 13.3. The fraction of sp³-hybridized carbons (Fsp3) is 0.176. The topological polar surface area (TPSA) is 69.3 Å². The molecule has 3 rings (SSSR count). The van der Waals surface area contributed by atoms with Crippen LogP contribution in [0.15, 0.2) is 42.5 Å². The molecule has 0 atom stereocenters. The molecule has 0 spiro atoms. The summed E-state index contributed by atoms with van der Waals surface area (Å²) >= 11 is 0. The smallest absolute Gasteiger partial charge is 0.123 e. The van der Waals surface area contributed by atoms with Crippen LogP contribution in [0.25, 0.3) is 22.5 Å². The summed E-state index contributed by atoms with van der Waals surface area (Å²) in [5, 5.41) is 11.2. The molecule has 23 heavy (non-hydrogen) atoms. The van der Waals surface area contributed by atoms with Gasteiger partial charge in [0.1, 0.15) is 28.6 Å². The Morgan fingerprint density at radius 2 is 1.17 bits per heavy atom. The normalized spacial score (nSPS) is 10.4. The van der Waals surface area contributed by atoms with E-state index in [9.17, 15) is 0 Å². The summed E-state index contributed by atoms with van der Waals surface area (Å²) in [5.74, 6) is 2.19. The van der Waals surface area contributed by atoms with Crippen molar-refractivity contribution in [1.82, 2.24) is 15.4 Å². The first-order valence-electron chi connectivity index (χ1n) is 7.03. The van der Waals surface area contributed by atoms with E-state index < -0.39 is 0 Å². The number of rotatable bonds is 5. The van der Waals surface area contributed by atoms with Crippen LogP contribution >= 0.6 is 0 Å². The molecule has 1 heterocycles. The van der Waals surface area contributed by atoms with Gasteiger partial charge < -0.3 is 14.2 Å². The SMILES string of the molecule is COc1ccc(-c2n[nH]nc2-c2cc(OC)cc(OC)c2)cc1. The number of ether oxygens (including phenoxy) is 3. The zero-order valence-electron chi connectivity index (χ0n) is 13.2. The third-order valence-corrected chi connectivity index (χ3v) is 3.54. The second-order valence-corrected chi connectivity index (χ2v) is 4.85. The van der Waals surface area contributed by atoms with Crippen molar-refractivity contribution < 1.29 is 14.2 Å². The summed E-state index contributed by atoms with van der Waals surface area (Å²) in [6.07, 6.45) is 0. The molecule has 0 radical (unpaired) electrons. The van der Waals surface area contributed by atoms with E-state index in [0.29, 0.717) is 11.5 Å². The molecule has 0 saturated carbocycles. The summed E-state index contributed by atoms with van der Waals surface area (Å²) in [4.78, 5) is 0. The van der Waals surface area contributed by atoms with Gasteiger partial charge >= 0.3 is 0 Å². The maximum absolute atomic E-state index is 5.32. The zero-order chi connectivity index (χ0) is 16.2. The predicted molar refractivity (Wildman–Crippen MR) is 86.9 cm³/mol. The lowest BCUT2D eigenvalue weighted by molar-refractivity contribution is 0.394. The van der Waals surface area contributed by atoms with Crippen molar-refractivity contribution >= 4 is 0 Å². The van der Waals surface area contributed by atoms with Crippen molar-refractivity contribution in [3.05, 3.63) is 42.5 Å². The van der Waals surface area contributed by atoms with Crippen molar-refractivity contribution in [3.8, 4) is 39.8 Å². The van der Waals surface area contributed by atoms with Crippen molar-refractivity contribution in [2.75, 3.05) is 21.3 Å². The summed E-state index contributed by atoms with van der Waals surface area (Å²) in [7, 11) is 4.87. The number of hydrogen-bond donors (Lipinski definition) is 1. The maximum atomic E-state index is 5.32. The molecule has 0 fully saturated rings. The lowest BCUT2D eigenvalue weighted by atomic mass is 10.0. The Labute approximate surface area is 134 Å². The van der Waals surface area contributed by atoms with Gasteiger partial charge in [0.25, 0.3) is 0 Å². The molecule has 0 saturated heterocycles. The fourth-order valence-electron chi connectivity index (χ4n) is 2.33. The average Bonchev–Trinajstić information content (AvgIpc) is 3.11. The molecule has 118 valence electrons. The van der Waals surface area contributed by atoms with E-state index in [1.165, 1.54) is 0 Å². The van der Waals surface area contributed by atoms with Gasteiger partial charge in [-0.1, -0.05) is 0 Å². The highest BCUT2D eigenvalue weighted by atomic mass is 16.5. The molecule has 6 heteroatoms. The lowest BCUT2D eigenvalue weighted by Crippen LogP contribution is -1.90. The van der Waals surface area contributed by atoms with E-state index in [0.717, 1.165) is 28.3 Å². The number of aromatic nitrogens is 3. The number of H-pyrrole nitrogens is 1. The van der Waals surface area contributed by atoms with Crippen LogP contribution < -0.4 is 14.2 Å². The molecule has 3 aromatic rings. The van der Waals surface area contributed by atoms with Gasteiger partial charge in [0.2, 0.25) is 0 Å². The number of nitrogens with zero attached hydrogens (tertiary/aromatic N) is 2. The molecule has 0 amide bonds. The van der Waals surface area contributed by atoms with Crippen molar-refractivity contribution in [2.45, 2.75) is 0 Å². The number of aromatic amines is 1. The Morgan fingerprint density at radius 3 is 1.70 bits per heavy atom. The van der Waals surface area contributed by atoms with Crippen molar-refractivity contribution in [1.29, 1.82) is 0 Å². The highest BCUT2D eigenvalue weighted by Gasteiger charge is 2.14. The van der Waals surface area contributed by atoms with Crippen LogP contribution in [-0.4, -0.2) is 36.7 Å². The van der Waals surface area contributed by atoms with Gasteiger partial charge in [-0.3, -0.25) is 0 Å². The molecule has 0 aliphatic heterocycles. The molecular weight excluding hydrogens is 294 g/mol. The Balaban J connectivity index is 2.06. The molecule has 0 aliphatic rings. The highest BCUT2D eigenvalue weighted by molar-refractivity contribution is 5.79. The van der Waals surface area contributed by atoms with Crippen LogP contribution in [0.4, 0.5) is 0 Å². The van der Waals surface area contributed by atoms with Crippen molar-refractivity contribution in [2.24, 2.45) is 0 Å². The van der Waals surface area contributed by atoms with Crippen LogP contribution in [0, 0.1) is 0 Å². The van der Waals surface area contributed by atoms with Crippen LogP contribution in [0.3, 0.4) is 0 Å². The Kier molecular flexibility index (Phi) is 4.14. The molecule has 0 unspecified atom stereocenters. The average molecular weight is 311 g/mol. The Hall–Kier alpha value is -3.02. The molecular formula is C17H17N3O3. The predicted octanol–water partition coefficient (Wildman–Crippen LogP) is 3.16. The van der Waals surface area contributed by atoms with Gasteiger partial charge in [-0.05, 0) is 36.4 Å². The van der Waals surface area contributed by atoms with E-state index in [2.05, 4.69) is 15.4 Å². The maximum Gasteiger partial charge on any atom is 0.123 e. The minimum atomic E-state index is 0.697. The Morgan fingerprint density at radius 1 is 0.652 bits per heavy atom. The summed E-state index contributed by atoms with van der Waals surface area (Å²) in [6.45, 7) is 0. The molecule has 6 nitrogen and oxygen atoms in total. The zero-order valence-corrected chi connectivity index (χ0v) is 13.2. The first kappa shape index (κ1) is 14.9. The van der Waals surface area contributed by atoms with E-state index >= 15 is 0 Å². The minimum Gasteiger partial charge on any atom is -0.497 e. The van der Waals surface area contributed by atoms with Crippen LogP contribution in [0.5, 0.6) is 17.2 Å². The van der Waals surface area contributed by atoms with Gasteiger partial charge in [0.15, 0.2) is 0 Å². The molecule has 1 aromatic heterocycles.